The number of nitrogens with zero attached hydrogens (tertiary/aromatic N) is 2. The van der Waals surface area contributed by atoms with Crippen molar-refractivity contribution < 1.29 is 4.39 Å². The van der Waals surface area contributed by atoms with Gasteiger partial charge in [-0.05, 0) is 38.9 Å². The summed E-state index contributed by atoms with van der Waals surface area (Å²) in [6, 6.07) is 3.47. The summed E-state index contributed by atoms with van der Waals surface area (Å²) < 4.78 is 12.7. The van der Waals surface area contributed by atoms with Crippen molar-refractivity contribution in [3.8, 4) is 0 Å². The van der Waals surface area contributed by atoms with Crippen molar-refractivity contribution in [1.82, 2.24) is 4.98 Å². The molecule has 0 amide bonds. The predicted octanol–water partition coefficient (Wildman–Crippen LogP) is 1.78. The molecule has 0 aliphatic heterocycles. The maximum absolute atomic E-state index is 12.7. The Morgan fingerprint density at radius 2 is 2.20 bits per heavy atom. The molecule has 84 valence electrons. The van der Waals surface area contributed by atoms with Gasteiger partial charge < -0.3 is 10.6 Å². The van der Waals surface area contributed by atoms with Crippen molar-refractivity contribution in [3.05, 3.63) is 24.1 Å². The van der Waals surface area contributed by atoms with Crippen LogP contribution in [0.1, 0.15) is 20.3 Å². The summed E-state index contributed by atoms with van der Waals surface area (Å²) in [6.07, 6.45) is 2.16. The highest BCUT2D eigenvalue weighted by Crippen LogP contribution is 2.14. The Kier molecular flexibility index (Phi) is 4.49. The fourth-order valence-corrected chi connectivity index (χ4v) is 1.44. The SMILES string of the molecule is CC(C)N(CCCN)c1ccc(F)cn1. The van der Waals surface area contributed by atoms with Crippen molar-refractivity contribution in [3.63, 3.8) is 0 Å². The predicted molar refractivity (Wildman–Crippen MR) is 60.3 cm³/mol. The average molecular weight is 211 g/mol. The number of halogens is 1. The highest BCUT2D eigenvalue weighted by Gasteiger charge is 2.10. The van der Waals surface area contributed by atoms with Crippen LogP contribution in [-0.2, 0) is 0 Å². The molecule has 0 radical (unpaired) electrons. The first-order chi connectivity index (χ1) is 7.15. The molecule has 0 unspecified atom stereocenters. The standard InChI is InChI=1S/C11H18FN3/c1-9(2)15(7-3-6-13)11-5-4-10(12)8-14-11/h4-5,8-9H,3,6-7,13H2,1-2H3. The summed E-state index contributed by atoms with van der Waals surface area (Å²) in [7, 11) is 0. The molecule has 1 aromatic heterocycles. The van der Waals surface area contributed by atoms with Crippen LogP contribution in [0.25, 0.3) is 0 Å². The fourth-order valence-electron chi connectivity index (χ4n) is 1.44. The van der Waals surface area contributed by atoms with Crippen LogP contribution in [0.2, 0.25) is 0 Å². The summed E-state index contributed by atoms with van der Waals surface area (Å²) in [5, 5.41) is 0. The molecule has 1 rings (SSSR count). The molecule has 0 spiro atoms. The summed E-state index contributed by atoms with van der Waals surface area (Å²) in [5.74, 6) is 0.501. The smallest absolute Gasteiger partial charge is 0.141 e. The topological polar surface area (TPSA) is 42.1 Å². The van der Waals surface area contributed by atoms with E-state index in [-0.39, 0.29) is 5.82 Å². The normalized spacial score (nSPS) is 10.7. The number of pyridine rings is 1. The Hall–Kier alpha value is -1.16. The van der Waals surface area contributed by atoms with Crippen LogP contribution < -0.4 is 10.6 Å². The lowest BCUT2D eigenvalue weighted by molar-refractivity contribution is 0.613. The minimum absolute atomic E-state index is 0.304. The molecule has 0 aliphatic rings. The maximum atomic E-state index is 12.7. The molecule has 2 N–H and O–H groups in total. The molecule has 0 fully saturated rings. The molecule has 0 atom stereocenters. The number of aromatic nitrogens is 1. The summed E-state index contributed by atoms with van der Waals surface area (Å²) >= 11 is 0. The van der Waals surface area contributed by atoms with Gasteiger partial charge in [-0.25, -0.2) is 9.37 Å². The van der Waals surface area contributed by atoms with Crippen molar-refractivity contribution in [1.29, 1.82) is 0 Å². The second kappa shape index (κ2) is 5.66. The van der Waals surface area contributed by atoms with E-state index in [1.165, 1.54) is 12.3 Å². The first kappa shape index (κ1) is 11.9. The summed E-state index contributed by atoms with van der Waals surface area (Å²) in [4.78, 5) is 6.18. The van der Waals surface area contributed by atoms with Crippen molar-refractivity contribution in [2.45, 2.75) is 26.3 Å². The Labute approximate surface area is 90.1 Å². The number of hydrogen-bond acceptors (Lipinski definition) is 3. The van der Waals surface area contributed by atoms with Gasteiger partial charge in [-0.1, -0.05) is 0 Å². The molecule has 0 aromatic carbocycles. The zero-order valence-electron chi connectivity index (χ0n) is 9.28. The van der Waals surface area contributed by atoms with E-state index in [0.29, 0.717) is 12.6 Å². The number of nitrogens with two attached hydrogens (primary N) is 1. The molecule has 3 nitrogen and oxygen atoms in total. The van der Waals surface area contributed by atoms with Crippen molar-refractivity contribution >= 4 is 5.82 Å². The molecule has 1 heterocycles. The third kappa shape index (κ3) is 3.47. The molecule has 0 aliphatic carbocycles. The monoisotopic (exact) mass is 211 g/mol. The van der Waals surface area contributed by atoms with Crippen LogP contribution >= 0.6 is 0 Å². The van der Waals surface area contributed by atoms with Gasteiger partial charge in [0.2, 0.25) is 0 Å². The van der Waals surface area contributed by atoms with Gasteiger partial charge in [-0.3, -0.25) is 0 Å². The molecule has 0 bridgehead atoms. The minimum atomic E-state index is -0.304. The molecule has 15 heavy (non-hydrogen) atoms. The Balaban J connectivity index is 2.74. The Morgan fingerprint density at radius 3 is 2.67 bits per heavy atom. The van der Waals surface area contributed by atoms with Gasteiger partial charge in [0.1, 0.15) is 11.6 Å². The van der Waals surface area contributed by atoms with Gasteiger partial charge in [0.15, 0.2) is 0 Å². The van der Waals surface area contributed by atoms with Gasteiger partial charge >= 0.3 is 0 Å². The van der Waals surface area contributed by atoms with Crippen LogP contribution in [0.3, 0.4) is 0 Å². The van der Waals surface area contributed by atoms with Gasteiger partial charge in [0, 0.05) is 12.6 Å². The number of anilines is 1. The number of rotatable bonds is 5. The molecular formula is C11H18FN3. The lowest BCUT2D eigenvalue weighted by Gasteiger charge is -2.27. The largest absolute Gasteiger partial charge is 0.354 e. The third-order valence-corrected chi connectivity index (χ3v) is 2.23. The van der Waals surface area contributed by atoms with Gasteiger partial charge in [0.05, 0.1) is 6.20 Å². The lowest BCUT2D eigenvalue weighted by atomic mass is 10.2. The lowest BCUT2D eigenvalue weighted by Crippen LogP contribution is -2.33. The van der Waals surface area contributed by atoms with E-state index in [2.05, 4.69) is 23.7 Å². The van der Waals surface area contributed by atoms with Crippen LogP contribution in [0.4, 0.5) is 10.2 Å². The first-order valence-electron chi connectivity index (χ1n) is 5.23. The van der Waals surface area contributed by atoms with Crippen LogP contribution in [0.15, 0.2) is 18.3 Å². The van der Waals surface area contributed by atoms with E-state index in [0.717, 1.165) is 18.8 Å². The average Bonchev–Trinajstić information content (AvgIpc) is 2.21. The van der Waals surface area contributed by atoms with Gasteiger partial charge in [-0.2, -0.15) is 0 Å². The van der Waals surface area contributed by atoms with E-state index >= 15 is 0 Å². The van der Waals surface area contributed by atoms with Crippen LogP contribution in [0.5, 0.6) is 0 Å². The maximum Gasteiger partial charge on any atom is 0.141 e. The van der Waals surface area contributed by atoms with Gasteiger partial charge in [-0.15, -0.1) is 0 Å². The van der Waals surface area contributed by atoms with E-state index in [9.17, 15) is 4.39 Å². The highest BCUT2D eigenvalue weighted by atomic mass is 19.1. The Morgan fingerprint density at radius 1 is 1.47 bits per heavy atom. The van der Waals surface area contributed by atoms with Gasteiger partial charge in [0.25, 0.3) is 0 Å². The fraction of sp³-hybridized carbons (Fsp3) is 0.545. The molecule has 0 saturated carbocycles. The minimum Gasteiger partial charge on any atom is -0.354 e. The summed E-state index contributed by atoms with van der Waals surface area (Å²) in [6.45, 7) is 5.68. The van der Waals surface area contributed by atoms with E-state index in [1.54, 1.807) is 6.07 Å². The second-order valence-electron chi connectivity index (χ2n) is 3.76. The third-order valence-electron chi connectivity index (χ3n) is 2.23. The zero-order chi connectivity index (χ0) is 11.3. The first-order valence-corrected chi connectivity index (χ1v) is 5.23. The highest BCUT2D eigenvalue weighted by molar-refractivity contribution is 5.38. The second-order valence-corrected chi connectivity index (χ2v) is 3.76. The Bertz CT molecular complexity index is 284. The molecule has 1 aromatic rings. The van der Waals surface area contributed by atoms with Crippen LogP contribution in [-0.4, -0.2) is 24.1 Å². The van der Waals surface area contributed by atoms with E-state index in [4.69, 9.17) is 5.73 Å². The van der Waals surface area contributed by atoms with E-state index in [1.807, 2.05) is 0 Å². The molecule has 4 heteroatoms. The molecular weight excluding hydrogens is 193 g/mol. The molecule has 0 saturated heterocycles. The quantitative estimate of drug-likeness (QED) is 0.807. The summed E-state index contributed by atoms with van der Waals surface area (Å²) in [5.41, 5.74) is 5.47. The number of hydrogen-bond donors (Lipinski definition) is 1. The van der Waals surface area contributed by atoms with E-state index < -0.39 is 0 Å². The van der Waals surface area contributed by atoms with Crippen molar-refractivity contribution in [2.24, 2.45) is 5.73 Å². The van der Waals surface area contributed by atoms with Crippen LogP contribution in [0, 0.1) is 5.82 Å². The zero-order valence-corrected chi connectivity index (χ0v) is 9.28. The van der Waals surface area contributed by atoms with Crippen molar-refractivity contribution in [2.75, 3.05) is 18.0 Å².